The van der Waals surface area contributed by atoms with Gasteiger partial charge >= 0.3 is 0 Å². The maximum absolute atomic E-state index is 12.2. The van der Waals surface area contributed by atoms with E-state index in [9.17, 15) is 9.59 Å². The van der Waals surface area contributed by atoms with Gasteiger partial charge in [0.2, 0.25) is 0 Å². The fourth-order valence-corrected chi connectivity index (χ4v) is 1.86. The zero-order valence-electron chi connectivity index (χ0n) is 11.3. The van der Waals surface area contributed by atoms with E-state index in [0.717, 1.165) is 11.8 Å². The third-order valence-corrected chi connectivity index (χ3v) is 3.20. The number of pyridine rings is 2. The standard InChI is InChI=1S/C14H17N3O2/c1-4-9(2)16-13(18)11-8-10-6-5-7-15-12(10)17(3)14(11)19/h5-9H,4H2,1-3H3,(H,16,18). The van der Waals surface area contributed by atoms with Gasteiger partial charge < -0.3 is 5.32 Å². The van der Waals surface area contributed by atoms with Crippen LogP contribution in [0.3, 0.4) is 0 Å². The van der Waals surface area contributed by atoms with Gasteiger partial charge in [-0.3, -0.25) is 14.2 Å². The number of aryl methyl sites for hydroxylation is 1. The highest BCUT2D eigenvalue weighted by molar-refractivity contribution is 5.97. The molecule has 19 heavy (non-hydrogen) atoms. The van der Waals surface area contributed by atoms with E-state index in [1.54, 1.807) is 25.4 Å². The maximum Gasteiger partial charge on any atom is 0.264 e. The largest absolute Gasteiger partial charge is 0.349 e. The lowest BCUT2D eigenvalue weighted by molar-refractivity contribution is 0.0937. The van der Waals surface area contributed by atoms with Gasteiger partial charge in [-0.2, -0.15) is 0 Å². The summed E-state index contributed by atoms with van der Waals surface area (Å²) >= 11 is 0. The number of amides is 1. The molecule has 0 aliphatic carbocycles. The van der Waals surface area contributed by atoms with Crippen LogP contribution < -0.4 is 10.9 Å². The Hall–Kier alpha value is -2.17. The summed E-state index contributed by atoms with van der Waals surface area (Å²) in [4.78, 5) is 28.4. The zero-order chi connectivity index (χ0) is 14.0. The molecule has 2 heterocycles. The molecule has 0 bridgehead atoms. The van der Waals surface area contributed by atoms with Gasteiger partial charge in [0.05, 0.1) is 0 Å². The van der Waals surface area contributed by atoms with E-state index >= 15 is 0 Å². The van der Waals surface area contributed by atoms with Gasteiger partial charge in [0, 0.05) is 24.7 Å². The molecular weight excluding hydrogens is 242 g/mol. The first-order valence-corrected chi connectivity index (χ1v) is 6.30. The van der Waals surface area contributed by atoms with Crippen LogP contribution in [0.5, 0.6) is 0 Å². The second-order valence-electron chi connectivity index (χ2n) is 4.62. The number of nitrogens with zero attached hydrogens (tertiary/aromatic N) is 2. The predicted octanol–water partition coefficient (Wildman–Crippen LogP) is 1.46. The van der Waals surface area contributed by atoms with Crippen molar-refractivity contribution in [2.45, 2.75) is 26.3 Å². The minimum atomic E-state index is -0.333. The van der Waals surface area contributed by atoms with Crippen molar-refractivity contribution in [2.24, 2.45) is 7.05 Å². The summed E-state index contributed by atoms with van der Waals surface area (Å²) in [6, 6.07) is 5.26. The fraction of sp³-hybridized carbons (Fsp3) is 0.357. The number of nitrogens with one attached hydrogen (secondary N) is 1. The van der Waals surface area contributed by atoms with Crippen LogP contribution in [-0.2, 0) is 7.05 Å². The molecular formula is C14H17N3O2. The number of hydrogen-bond donors (Lipinski definition) is 1. The molecule has 5 heteroatoms. The molecule has 0 aliphatic heterocycles. The zero-order valence-corrected chi connectivity index (χ0v) is 11.3. The van der Waals surface area contributed by atoms with E-state index in [2.05, 4.69) is 10.3 Å². The van der Waals surface area contributed by atoms with E-state index in [-0.39, 0.29) is 23.1 Å². The average molecular weight is 259 g/mol. The van der Waals surface area contributed by atoms with Crippen molar-refractivity contribution in [2.75, 3.05) is 0 Å². The fourth-order valence-electron chi connectivity index (χ4n) is 1.86. The van der Waals surface area contributed by atoms with Crippen molar-refractivity contribution < 1.29 is 4.79 Å². The molecule has 2 rings (SSSR count). The molecule has 0 saturated heterocycles. The van der Waals surface area contributed by atoms with Crippen molar-refractivity contribution in [1.82, 2.24) is 14.9 Å². The highest BCUT2D eigenvalue weighted by Gasteiger charge is 2.15. The summed E-state index contributed by atoms with van der Waals surface area (Å²) in [6.45, 7) is 3.89. The lowest BCUT2D eigenvalue weighted by Crippen LogP contribution is -2.37. The van der Waals surface area contributed by atoms with Crippen molar-refractivity contribution in [3.63, 3.8) is 0 Å². The lowest BCUT2D eigenvalue weighted by atomic mass is 10.1. The van der Waals surface area contributed by atoms with Gasteiger partial charge in [-0.1, -0.05) is 6.92 Å². The van der Waals surface area contributed by atoms with Gasteiger partial charge in [0.15, 0.2) is 0 Å². The molecule has 0 aliphatic rings. The quantitative estimate of drug-likeness (QED) is 0.907. The third kappa shape index (κ3) is 2.50. The van der Waals surface area contributed by atoms with Crippen molar-refractivity contribution in [3.8, 4) is 0 Å². The molecule has 1 N–H and O–H groups in total. The Morgan fingerprint density at radius 2 is 2.26 bits per heavy atom. The molecule has 0 fully saturated rings. The van der Waals surface area contributed by atoms with Gasteiger partial charge in [0.1, 0.15) is 11.2 Å². The number of fused-ring (bicyclic) bond motifs is 1. The van der Waals surface area contributed by atoms with Crippen molar-refractivity contribution in [1.29, 1.82) is 0 Å². The van der Waals surface area contributed by atoms with Gasteiger partial charge in [-0.25, -0.2) is 4.98 Å². The summed E-state index contributed by atoms with van der Waals surface area (Å²) in [5.41, 5.74) is 0.405. The van der Waals surface area contributed by atoms with Crippen LogP contribution in [0.25, 0.3) is 11.0 Å². The summed E-state index contributed by atoms with van der Waals surface area (Å²) < 4.78 is 1.40. The highest BCUT2D eigenvalue weighted by Crippen LogP contribution is 2.09. The van der Waals surface area contributed by atoms with Crippen LogP contribution in [0.2, 0.25) is 0 Å². The number of hydrogen-bond acceptors (Lipinski definition) is 3. The topological polar surface area (TPSA) is 64.0 Å². The number of aromatic nitrogens is 2. The minimum Gasteiger partial charge on any atom is -0.349 e. The molecule has 5 nitrogen and oxygen atoms in total. The molecule has 0 radical (unpaired) electrons. The van der Waals surface area contributed by atoms with E-state index in [1.807, 2.05) is 19.9 Å². The van der Waals surface area contributed by atoms with E-state index in [0.29, 0.717) is 5.65 Å². The SMILES string of the molecule is CCC(C)NC(=O)c1cc2cccnc2n(C)c1=O. The van der Waals surface area contributed by atoms with Crippen molar-refractivity contribution >= 4 is 16.9 Å². The van der Waals surface area contributed by atoms with Crippen LogP contribution >= 0.6 is 0 Å². The Morgan fingerprint density at radius 3 is 2.95 bits per heavy atom. The number of rotatable bonds is 3. The van der Waals surface area contributed by atoms with Gasteiger partial charge in [-0.15, -0.1) is 0 Å². The molecule has 0 aromatic carbocycles. The second kappa shape index (κ2) is 5.22. The molecule has 1 amide bonds. The Balaban J connectivity index is 2.53. The van der Waals surface area contributed by atoms with Gasteiger partial charge in [-0.05, 0) is 31.5 Å². The molecule has 1 unspecified atom stereocenters. The monoisotopic (exact) mass is 259 g/mol. The highest BCUT2D eigenvalue weighted by atomic mass is 16.2. The Labute approximate surface area is 111 Å². The smallest absolute Gasteiger partial charge is 0.264 e. The average Bonchev–Trinajstić information content (AvgIpc) is 2.42. The van der Waals surface area contributed by atoms with Crippen LogP contribution in [0, 0.1) is 0 Å². The maximum atomic E-state index is 12.2. The van der Waals surface area contributed by atoms with E-state index < -0.39 is 0 Å². The number of carbonyl (C=O) groups excluding carboxylic acids is 1. The van der Waals surface area contributed by atoms with Crippen LogP contribution in [0.1, 0.15) is 30.6 Å². The number of carbonyl (C=O) groups is 1. The molecule has 0 saturated carbocycles. The first-order valence-electron chi connectivity index (χ1n) is 6.30. The van der Waals surface area contributed by atoms with Crippen LogP contribution in [0.4, 0.5) is 0 Å². The first-order chi connectivity index (χ1) is 9.04. The summed E-state index contributed by atoms with van der Waals surface area (Å²) in [7, 11) is 1.62. The summed E-state index contributed by atoms with van der Waals surface area (Å²) in [5.74, 6) is -0.333. The summed E-state index contributed by atoms with van der Waals surface area (Å²) in [5, 5.41) is 3.58. The van der Waals surface area contributed by atoms with Gasteiger partial charge in [0.25, 0.3) is 11.5 Å². The van der Waals surface area contributed by atoms with Crippen LogP contribution in [0.15, 0.2) is 29.2 Å². The molecule has 2 aromatic rings. The second-order valence-corrected chi connectivity index (χ2v) is 4.62. The van der Waals surface area contributed by atoms with Crippen molar-refractivity contribution in [3.05, 3.63) is 40.3 Å². The molecule has 0 spiro atoms. The molecule has 2 aromatic heterocycles. The normalized spacial score (nSPS) is 12.4. The van der Waals surface area contributed by atoms with E-state index in [4.69, 9.17) is 0 Å². The molecule has 100 valence electrons. The lowest BCUT2D eigenvalue weighted by Gasteiger charge is -2.12. The summed E-state index contributed by atoms with van der Waals surface area (Å²) in [6.07, 6.45) is 2.45. The van der Waals surface area contributed by atoms with Crippen LogP contribution in [-0.4, -0.2) is 21.5 Å². The Kier molecular flexibility index (Phi) is 3.64. The predicted molar refractivity (Wildman–Crippen MR) is 74.2 cm³/mol. The Morgan fingerprint density at radius 1 is 1.53 bits per heavy atom. The molecule has 1 atom stereocenters. The van der Waals surface area contributed by atoms with E-state index in [1.165, 1.54) is 4.57 Å². The first kappa shape index (κ1) is 13.3. The minimum absolute atomic E-state index is 0.0433. The Bertz CT molecular complexity index is 676. The third-order valence-electron chi connectivity index (χ3n) is 3.20.